The van der Waals surface area contributed by atoms with Gasteiger partial charge in [-0.15, -0.1) is 0 Å². The minimum absolute atomic E-state index is 0.632. The first-order chi connectivity index (χ1) is 8.81. The fraction of sp³-hybridized carbons (Fsp3) is 0.0625. The van der Waals surface area contributed by atoms with Gasteiger partial charge in [-0.1, -0.05) is 48.5 Å². The maximum Gasteiger partial charge on any atom is 0.166 e. The molecule has 0 aliphatic rings. The number of para-hydroxylation sites is 1. The lowest BCUT2D eigenvalue weighted by molar-refractivity contribution is -0.104. The van der Waals surface area contributed by atoms with Crippen molar-refractivity contribution in [2.75, 3.05) is 11.9 Å². The molecule has 0 bridgehead atoms. The predicted octanol–water partition coefficient (Wildman–Crippen LogP) is 3.36. The Hall–Kier alpha value is -2.35. The molecule has 0 aliphatic carbocycles. The van der Waals surface area contributed by atoms with E-state index in [4.69, 9.17) is 0 Å². The maximum absolute atomic E-state index is 11.2. The Bertz CT molecular complexity index is 532. The molecular weight excluding hydrogens is 222 g/mol. The molecule has 2 nitrogen and oxygen atoms in total. The highest BCUT2D eigenvalue weighted by molar-refractivity contribution is 5.87. The summed E-state index contributed by atoms with van der Waals surface area (Å²) in [5.41, 5.74) is 2.64. The Balaban J connectivity index is 2.29. The smallest absolute Gasteiger partial charge is 0.166 e. The number of hydrogen-bond donors (Lipinski definition) is 0. The molecule has 18 heavy (non-hydrogen) atoms. The van der Waals surface area contributed by atoms with Crippen molar-refractivity contribution < 1.29 is 4.79 Å². The predicted molar refractivity (Wildman–Crippen MR) is 75.3 cm³/mol. The first kappa shape index (κ1) is 12.1. The lowest BCUT2D eigenvalue weighted by atomic mass is 10.2. The van der Waals surface area contributed by atoms with Crippen LogP contribution < -0.4 is 4.90 Å². The quantitative estimate of drug-likeness (QED) is 0.600. The van der Waals surface area contributed by atoms with Crippen LogP contribution in [0.4, 0.5) is 5.69 Å². The number of aldehydes is 1. The summed E-state index contributed by atoms with van der Waals surface area (Å²) in [4.78, 5) is 13.1. The molecular formula is C16H15NO. The molecule has 0 amide bonds. The van der Waals surface area contributed by atoms with Gasteiger partial charge in [0.25, 0.3) is 0 Å². The van der Waals surface area contributed by atoms with Crippen LogP contribution in [-0.2, 0) is 4.79 Å². The highest BCUT2D eigenvalue weighted by atomic mass is 16.1. The SMILES string of the molecule is CN(/C(C=O)=C\c1ccccc1)c1ccccc1. The van der Waals surface area contributed by atoms with E-state index in [-0.39, 0.29) is 0 Å². The second-order valence-corrected chi connectivity index (χ2v) is 3.99. The van der Waals surface area contributed by atoms with E-state index in [1.54, 1.807) is 0 Å². The van der Waals surface area contributed by atoms with Crippen LogP contribution in [0, 0.1) is 0 Å². The number of rotatable bonds is 4. The fourth-order valence-corrected chi connectivity index (χ4v) is 1.73. The van der Waals surface area contributed by atoms with E-state index < -0.39 is 0 Å². The Morgan fingerprint density at radius 2 is 1.50 bits per heavy atom. The molecule has 0 radical (unpaired) electrons. The zero-order valence-electron chi connectivity index (χ0n) is 10.3. The summed E-state index contributed by atoms with van der Waals surface area (Å²) in [6.07, 6.45) is 2.75. The van der Waals surface area contributed by atoms with Crippen LogP contribution in [-0.4, -0.2) is 13.3 Å². The van der Waals surface area contributed by atoms with Crippen molar-refractivity contribution in [3.05, 3.63) is 71.9 Å². The summed E-state index contributed by atoms with van der Waals surface area (Å²) in [6.45, 7) is 0. The maximum atomic E-state index is 11.2. The van der Waals surface area contributed by atoms with E-state index in [2.05, 4.69) is 0 Å². The molecule has 0 fully saturated rings. The van der Waals surface area contributed by atoms with E-state index in [1.165, 1.54) is 0 Å². The standard InChI is InChI=1S/C16H15NO/c1-17(15-10-6-3-7-11-15)16(13-18)12-14-8-4-2-5-9-14/h2-13H,1H3/b16-12-. The number of benzene rings is 2. The third-order valence-electron chi connectivity index (χ3n) is 2.77. The van der Waals surface area contributed by atoms with Crippen molar-refractivity contribution >= 4 is 18.0 Å². The topological polar surface area (TPSA) is 20.3 Å². The molecule has 0 atom stereocenters. The number of nitrogens with zero attached hydrogens (tertiary/aromatic N) is 1. The third-order valence-corrected chi connectivity index (χ3v) is 2.77. The van der Waals surface area contributed by atoms with Crippen LogP contribution in [0.1, 0.15) is 5.56 Å². The first-order valence-corrected chi connectivity index (χ1v) is 5.82. The van der Waals surface area contributed by atoms with E-state index in [0.29, 0.717) is 5.70 Å². The van der Waals surface area contributed by atoms with Gasteiger partial charge in [0.05, 0.1) is 5.70 Å². The number of hydrogen-bond acceptors (Lipinski definition) is 2. The van der Waals surface area contributed by atoms with Gasteiger partial charge in [0.2, 0.25) is 0 Å². The Morgan fingerprint density at radius 3 is 2.06 bits per heavy atom. The number of carbonyl (C=O) groups excluding carboxylic acids is 1. The first-order valence-electron chi connectivity index (χ1n) is 5.82. The highest BCUT2D eigenvalue weighted by Crippen LogP contribution is 2.17. The van der Waals surface area contributed by atoms with E-state index in [9.17, 15) is 4.79 Å². The summed E-state index contributed by atoms with van der Waals surface area (Å²) in [6, 6.07) is 19.6. The van der Waals surface area contributed by atoms with Crippen molar-refractivity contribution in [2.45, 2.75) is 0 Å². The van der Waals surface area contributed by atoms with Crippen molar-refractivity contribution in [1.82, 2.24) is 0 Å². The summed E-state index contributed by atoms with van der Waals surface area (Å²) in [5, 5.41) is 0. The van der Waals surface area contributed by atoms with Crippen molar-refractivity contribution in [1.29, 1.82) is 0 Å². The number of likely N-dealkylation sites (N-methyl/N-ethyl adjacent to an activating group) is 1. The van der Waals surface area contributed by atoms with Crippen molar-refractivity contribution in [3.8, 4) is 0 Å². The monoisotopic (exact) mass is 237 g/mol. The summed E-state index contributed by atoms with van der Waals surface area (Å²) >= 11 is 0. The van der Waals surface area contributed by atoms with Crippen LogP contribution in [0.2, 0.25) is 0 Å². The van der Waals surface area contributed by atoms with Gasteiger partial charge in [-0.05, 0) is 23.8 Å². The third kappa shape index (κ3) is 2.86. The van der Waals surface area contributed by atoms with Crippen LogP contribution in [0.25, 0.3) is 6.08 Å². The van der Waals surface area contributed by atoms with E-state index >= 15 is 0 Å². The van der Waals surface area contributed by atoms with Gasteiger partial charge in [0.1, 0.15) is 0 Å². The lowest BCUT2D eigenvalue weighted by Crippen LogP contribution is -2.17. The van der Waals surface area contributed by atoms with Gasteiger partial charge in [-0.2, -0.15) is 0 Å². The lowest BCUT2D eigenvalue weighted by Gasteiger charge is -2.18. The summed E-state index contributed by atoms with van der Waals surface area (Å²) in [7, 11) is 1.89. The summed E-state index contributed by atoms with van der Waals surface area (Å²) in [5.74, 6) is 0. The Morgan fingerprint density at radius 1 is 0.944 bits per heavy atom. The second kappa shape index (κ2) is 5.82. The minimum Gasteiger partial charge on any atom is -0.342 e. The number of allylic oxidation sites excluding steroid dienone is 1. The average Bonchev–Trinajstić information content (AvgIpc) is 2.46. The summed E-state index contributed by atoms with van der Waals surface area (Å²) < 4.78 is 0. The van der Waals surface area contributed by atoms with Gasteiger partial charge in [-0.25, -0.2) is 0 Å². The molecule has 2 heteroatoms. The molecule has 0 aromatic heterocycles. The Kier molecular flexibility index (Phi) is 3.92. The van der Waals surface area contributed by atoms with Gasteiger partial charge >= 0.3 is 0 Å². The average molecular weight is 237 g/mol. The zero-order valence-corrected chi connectivity index (χ0v) is 10.3. The molecule has 0 aliphatic heterocycles. The highest BCUT2D eigenvalue weighted by Gasteiger charge is 2.05. The van der Waals surface area contributed by atoms with Crippen molar-refractivity contribution in [3.63, 3.8) is 0 Å². The normalized spacial score (nSPS) is 11.1. The van der Waals surface area contributed by atoms with Crippen LogP contribution in [0.15, 0.2) is 66.4 Å². The molecule has 0 saturated carbocycles. The Labute approximate surface area is 107 Å². The molecule has 0 heterocycles. The molecule has 2 aromatic carbocycles. The van der Waals surface area contributed by atoms with Gasteiger partial charge in [0, 0.05) is 12.7 Å². The van der Waals surface area contributed by atoms with Crippen LogP contribution >= 0.6 is 0 Å². The van der Waals surface area contributed by atoms with Gasteiger partial charge in [-0.3, -0.25) is 4.79 Å². The molecule has 0 N–H and O–H groups in total. The molecule has 90 valence electrons. The van der Waals surface area contributed by atoms with Crippen molar-refractivity contribution in [2.24, 2.45) is 0 Å². The number of carbonyl (C=O) groups is 1. The molecule has 2 aromatic rings. The van der Waals surface area contributed by atoms with Gasteiger partial charge < -0.3 is 4.90 Å². The fourth-order valence-electron chi connectivity index (χ4n) is 1.73. The molecule has 0 spiro atoms. The molecule has 2 rings (SSSR count). The van der Waals surface area contributed by atoms with Crippen LogP contribution in [0.3, 0.4) is 0 Å². The second-order valence-electron chi connectivity index (χ2n) is 3.99. The largest absolute Gasteiger partial charge is 0.342 e. The van der Waals surface area contributed by atoms with Crippen LogP contribution in [0.5, 0.6) is 0 Å². The van der Waals surface area contributed by atoms with E-state index in [1.807, 2.05) is 78.7 Å². The molecule has 0 unspecified atom stereocenters. The minimum atomic E-state index is 0.632. The number of anilines is 1. The zero-order chi connectivity index (χ0) is 12.8. The molecule has 0 saturated heterocycles. The van der Waals surface area contributed by atoms with E-state index in [0.717, 1.165) is 17.5 Å². The van der Waals surface area contributed by atoms with Gasteiger partial charge in [0.15, 0.2) is 6.29 Å².